The van der Waals surface area contributed by atoms with Crippen LogP contribution in [0.15, 0.2) is 48.5 Å². The summed E-state index contributed by atoms with van der Waals surface area (Å²) < 4.78 is 13.0. The highest BCUT2D eigenvalue weighted by Crippen LogP contribution is 2.44. The molecule has 7 heteroatoms. The van der Waals surface area contributed by atoms with Gasteiger partial charge in [-0.15, -0.1) is 0 Å². The maximum absolute atomic E-state index is 12.5. The van der Waals surface area contributed by atoms with Crippen molar-refractivity contribution in [1.29, 1.82) is 0 Å². The number of carboxylic acid groups (broad SMARTS) is 1. The first-order chi connectivity index (χ1) is 13.9. The molecular formula is C21H22N2O5. The van der Waals surface area contributed by atoms with Gasteiger partial charge in [0.2, 0.25) is 5.91 Å². The quantitative estimate of drug-likeness (QED) is 0.764. The zero-order valence-electron chi connectivity index (χ0n) is 16.2. The number of amides is 2. The Labute approximate surface area is 164 Å². The zero-order valence-corrected chi connectivity index (χ0v) is 15.2. The SMILES string of the molecule is [2H]CN(C(=O)OCC1c2ccccc2-c2ccccc21)[C@@H](CCC(N)=O)C(=O)O. The lowest BCUT2D eigenvalue weighted by Gasteiger charge is -2.25. The molecule has 0 saturated carbocycles. The number of hydrogen-bond acceptors (Lipinski definition) is 4. The van der Waals surface area contributed by atoms with Gasteiger partial charge in [-0.3, -0.25) is 9.69 Å². The molecule has 28 heavy (non-hydrogen) atoms. The van der Waals surface area contributed by atoms with Crippen LogP contribution in [-0.4, -0.2) is 47.6 Å². The number of nitrogens with two attached hydrogens (primary N) is 1. The second-order valence-electron chi connectivity index (χ2n) is 6.63. The van der Waals surface area contributed by atoms with Gasteiger partial charge in [-0.2, -0.15) is 0 Å². The third kappa shape index (κ3) is 3.83. The summed E-state index contributed by atoms with van der Waals surface area (Å²) in [5, 5.41) is 9.39. The van der Waals surface area contributed by atoms with Crippen molar-refractivity contribution in [2.45, 2.75) is 24.8 Å². The number of primary amides is 1. The normalized spacial score (nSPS) is 13.8. The van der Waals surface area contributed by atoms with E-state index in [1.165, 1.54) is 0 Å². The molecule has 3 rings (SSSR count). The highest BCUT2D eigenvalue weighted by Gasteiger charge is 2.31. The first-order valence-corrected chi connectivity index (χ1v) is 8.86. The number of carbonyl (C=O) groups excluding carboxylic acids is 2. The maximum Gasteiger partial charge on any atom is 0.410 e. The van der Waals surface area contributed by atoms with Crippen LogP contribution in [0.4, 0.5) is 4.79 Å². The van der Waals surface area contributed by atoms with Crippen LogP contribution < -0.4 is 5.73 Å². The van der Waals surface area contributed by atoms with Crippen LogP contribution in [0, 0.1) is 0 Å². The van der Waals surface area contributed by atoms with E-state index in [-0.39, 0.29) is 25.4 Å². The van der Waals surface area contributed by atoms with E-state index < -0.39 is 31.0 Å². The van der Waals surface area contributed by atoms with Crippen LogP contribution in [0.5, 0.6) is 0 Å². The van der Waals surface area contributed by atoms with E-state index in [1.807, 2.05) is 48.5 Å². The number of benzene rings is 2. The highest BCUT2D eigenvalue weighted by molar-refractivity contribution is 5.82. The third-order valence-electron chi connectivity index (χ3n) is 4.90. The molecule has 1 aliphatic rings. The van der Waals surface area contributed by atoms with Gasteiger partial charge in [-0.05, 0) is 28.7 Å². The van der Waals surface area contributed by atoms with Crippen LogP contribution in [0.1, 0.15) is 31.3 Å². The van der Waals surface area contributed by atoms with E-state index in [9.17, 15) is 19.5 Å². The largest absolute Gasteiger partial charge is 0.480 e. The Balaban J connectivity index is 1.75. The van der Waals surface area contributed by atoms with Crippen LogP contribution in [-0.2, 0) is 14.3 Å². The lowest BCUT2D eigenvalue weighted by atomic mass is 9.98. The minimum absolute atomic E-state index is 0.0194. The molecule has 2 amide bonds. The fourth-order valence-corrected chi connectivity index (χ4v) is 3.50. The predicted molar refractivity (Wildman–Crippen MR) is 103 cm³/mol. The predicted octanol–water partition coefficient (Wildman–Crippen LogP) is 2.59. The average molecular weight is 383 g/mol. The molecule has 0 aliphatic heterocycles. The summed E-state index contributed by atoms with van der Waals surface area (Å²) in [6.45, 7) is 0.0194. The summed E-state index contributed by atoms with van der Waals surface area (Å²) in [7, 11) is -0.605. The van der Waals surface area contributed by atoms with Gasteiger partial charge in [0.25, 0.3) is 0 Å². The summed E-state index contributed by atoms with van der Waals surface area (Å²) in [5.74, 6) is -2.16. The van der Waals surface area contributed by atoms with Gasteiger partial charge in [0.15, 0.2) is 0 Å². The molecule has 146 valence electrons. The number of ether oxygens (including phenoxy) is 1. The Morgan fingerprint density at radius 1 is 1.14 bits per heavy atom. The summed E-state index contributed by atoms with van der Waals surface area (Å²) in [4.78, 5) is 35.8. The zero-order chi connectivity index (χ0) is 21.0. The molecule has 1 atom stereocenters. The number of hydrogen-bond donors (Lipinski definition) is 2. The molecule has 0 unspecified atom stereocenters. The molecular weight excluding hydrogens is 360 g/mol. The molecule has 0 saturated heterocycles. The van der Waals surface area contributed by atoms with Crippen molar-refractivity contribution in [2.75, 3.05) is 13.6 Å². The average Bonchev–Trinajstić information content (AvgIpc) is 3.02. The fraction of sp³-hybridized carbons (Fsp3) is 0.286. The standard InChI is InChI=1S/C21H22N2O5/c1-23(18(20(25)26)10-11-19(22)24)21(27)28-12-17-15-8-4-2-6-13(15)14-7-3-5-9-16(14)17/h2-9,17-18H,10-12H2,1H3,(H2,22,24)(H,25,26)/t18-/m0/s1/i1D. The Hall–Kier alpha value is -3.35. The molecule has 3 N–H and O–H groups in total. The molecule has 0 radical (unpaired) electrons. The smallest absolute Gasteiger partial charge is 0.410 e. The lowest BCUT2D eigenvalue weighted by Crippen LogP contribution is -2.43. The van der Waals surface area contributed by atoms with Crippen LogP contribution in [0.25, 0.3) is 11.1 Å². The molecule has 1 aliphatic carbocycles. The fourth-order valence-electron chi connectivity index (χ4n) is 3.50. The van der Waals surface area contributed by atoms with Crippen molar-refractivity contribution in [3.63, 3.8) is 0 Å². The van der Waals surface area contributed by atoms with Gasteiger partial charge in [-0.25, -0.2) is 9.59 Å². The van der Waals surface area contributed by atoms with Gasteiger partial charge in [-0.1, -0.05) is 48.5 Å². The van der Waals surface area contributed by atoms with E-state index >= 15 is 0 Å². The summed E-state index contributed by atoms with van der Waals surface area (Å²) >= 11 is 0. The second-order valence-corrected chi connectivity index (χ2v) is 6.63. The van der Waals surface area contributed by atoms with Gasteiger partial charge >= 0.3 is 12.1 Å². The van der Waals surface area contributed by atoms with E-state index in [0.29, 0.717) is 0 Å². The maximum atomic E-state index is 12.5. The van der Waals surface area contributed by atoms with E-state index in [2.05, 4.69) is 0 Å². The minimum Gasteiger partial charge on any atom is -0.480 e. The van der Waals surface area contributed by atoms with E-state index in [4.69, 9.17) is 11.8 Å². The second kappa shape index (κ2) is 8.12. The minimum atomic E-state index is -1.35. The molecule has 2 aromatic rings. The topological polar surface area (TPSA) is 110 Å². The van der Waals surface area contributed by atoms with Crippen molar-refractivity contribution >= 4 is 18.0 Å². The van der Waals surface area contributed by atoms with Crippen molar-refractivity contribution in [3.05, 3.63) is 59.7 Å². The molecule has 0 aromatic heterocycles. The molecule has 0 heterocycles. The number of fused-ring (bicyclic) bond motifs is 3. The van der Waals surface area contributed by atoms with Crippen LogP contribution in [0.3, 0.4) is 0 Å². The molecule has 7 nitrogen and oxygen atoms in total. The number of rotatable bonds is 7. The van der Waals surface area contributed by atoms with Crippen molar-refractivity contribution in [2.24, 2.45) is 5.73 Å². The van der Waals surface area contributed by atoms with Crippen LogP contribution in [0.2, 0.25) is 0 Å². The monoisotopic (exact) mass is 383 g/mol. The molecule has 2 aromatic carbocycles. The van der Waals surface area contributed by atoms with Gasteiger partial charge in [0.1, 0.15) is 12.6 Å². The van der Waals surface area contributed by atoms with Gasteiger partial charge in [0.05, 0.1) is 0 Å². The van der Waals surface area contributed by atoms with Crippen molar-refractivity contribution in [1.82, 2.24) is 4.90 Å². The lowest BCUT2D eigenvalue weighted by molar-refractivity contribution is -0.142. The number of carbonyl (C=O) groups is 3. The van der Waals surface area contributed by atoms with Crippen LogP contribution >= 0.6 is 0 Å². The summed E-state index contributed by atoms with van der Waals surface area (Å²) in [6, 6.07) is 14.3. The highest BCUT2D eigenvalue weighted by atomic mass is 16.6. The Morgan fingerprint density at radius 3 is 2.21 bits per heavy atom. The van der Waals surface area contributed by atoms with E-state index in [1.54, 1.807) is 0 Å². The number of nitrogens with zero attached hydrogens (tertiary/aromatic N) is 1. The number of carboxylic acids is 1. The molecule has 0 fully saturated rings. The number of aliphatic carboxylic acids is 1. The molecule has 0 spiro atoms. The first-order valence-electron chi connectivity index (χ1n) is 9.56. The Bertz CT molecular complexity index is 887. The summed E-state index contributed by atoms with van der Waals surface area (Å²) in [6.07, 6.45) is -1.28. The number of likely N-dealkylation sites (N-methyl/N-ethyl adjacent to an activating group) is 1. The van der Waals surface area contributed by atoms with Gasteiger partial charge < -0.3 is 15.6 Å². The molecule has 0 bridgehead atoms. The van der Waals surface area contributed by atoms with E-state index in [0.717, 1.165) is 27.2 Å². The van der Waals surface area contributed by atoms with Crippen molar-refractivity contribution < 1.29 is 25.6 Å². The van der Waals surface area contributed by atoms with Gasteiger partial charge in [0, 0.05) is 20.7 Å². The Morgan fingerprint density at radius 2 is 1.71 bits per heavy atom. The third-order valence-corrected chi connectivity index (χ3v) is 4.90. The first kappa shape index (κ1) is 18.0. The summed E-state index contributed by atoms with van der Waals surface area (Å²) in [5.41, 5.74) is 9.29. The Kier molecular flexibility index (Phi) is 5.23. The van der Waals surface area contributed by atoms with Crippen molar-refractivity contribution in [3.8, 4) is 11.1 Å².